The average molecular weight is 223 g/mol. The molecule has 5 heteroatoms. The van der Waals surface area contributed by atoms with Crippen molar-refractivity contribution in [3.8, 4) is 0 Å². The molecule has 1 nitrogen and oxygen atoms in total. The Kier molecular flexibility index (Phi) is 3.55. The van der Waals surface area contributed by atoms with Crippen LogP contribution in [0.5, 0.6) is 0 Å². The first kappa shape index (κ1) is 11.5. The molecule has 80 valence electrons. The first-order chi connectivity index (χ1) is 6.39. The molecule has 2 N–H and O–H groups in total. The van der Waals surface area contributed by atoms with E-state index in [0.717, 1.165) is 28.7 Å². The van der Waals surface area contributed by atoms with Crippen LogP contribution in [0, 0.1) is 0 Å². The molecule has 1 rings (SSSR count). The number of rotatable bonds is 3. The van der Waals surface area contributed by atoms with Gasteiger partial charge >= 0.3 is 6.18 Å². The van der Waals surface area contributed by atoms with Gasteiger partial charge in [0.15, 0.2) is 0 Å². The van der Waals surface area contributed by atoms with Gasteiger partial charge in [-0.2, -0.15) is 13.2 Å². The lowest BCUT2D eigenvalue weighted by atomic mass is 10.2. The summed E-state index contributed by atoms with van der Waals surface area (Å²) in [6, 6.07) is 2.68. The maximum atomic E-state index is 12.2. The molecule has 1 aromatic heterocycles. The fraction of sp³-hybridized carbons (Fsp3) is 0.556. The Morgan fingerprint density at radius 1 is 1.43 bits per heavy atom. The summed E-state index contributed by atoms with van der Waals surface area (Å²) in [4.78, 5) is 0.215. The van der Waals surface area contributed by atoms with E-state index in [4.69, 9.17) is 5.73 Å². The number of alkyl halides is 3. The predicted molar refractivity (Wildman–Crippen MR) is 51.3 cm³/mol. The molecule has 0 fully saturated rings. The van der Waals surface area contributed by atoms with E-state index in [1.54, 1.807) is 0 Å². The monoisotopic (exact) mass is 223 g/mol. The largest absolute Gasteiger partial charge is 0.425 e. The molecule has 0 bridgehead atoms. The second-order valence-electron chi connectivity index (χ2n) is 3.28. The minimum absolute atomic E-state index is 0.0337. The van der Waals surface area contributed by atoms with Crippen LogP contribution < -0.4 is 5.73 Å². The molecule has 1 atom stereocenters. The molecule has 0 aliphatic carbocycles. The van der Waals surface area contributed by atoms with E-state index in [2.05, 4.69) is 0 Å². The zero-order valence-corrected chi connectivity index (χ0v) is 8.58. The van der Waals surface area contributed by atoms with Crippen LogP contribution in [0.25, 0.3) is 0 Å². The number of thiophene rings is 1. The van der Waals surface area contributed by atoms with Crippen LogP contribution in [0.2, 0.25) is 0 Å². The Bertz CT molecular complexity index is 290. The summed E-state index contributed by atoms with van der Waals surface area (Å²) in [5, 5.41) is 0. The summed E-state index contributed by atoms with van der Waals surface area (Å²) in [7, 11) is 0. The Labute approximate surface area is 84.7 Å². The van der Waals surface area contributed by atoms with Crippen LogP contribution in [0.15, 0.2) is 12.1 Å². The topological polar surface area (TPSA) is 26.0 Å². The molecular formula is C9H12F3NS. The van der Waals surface area contributed by atoms with E-state index in [-0.39, 0.29) is 6.04 Å². The van der Waals surface area contributed by atoms with Crippen molar-refractivity contribution in [1.82, 2.24) is 0 Å². The summed E-state index contributed by atoms with van der Waals surface area (Å²) in [5.41, 5.74) is 5.52. The molecule has 0 spiro atoms. The van der Waals surface area contributed by atoms with E-state index in [1.165, 1.54) is 6.07 Å². The molecular weight excluding hydrogens is 211 g/mol. The molecule has 1 aromatic rings. The molecule has 0 radical (unpaired) electrons. The maximum absolute atomic E-state index is 12.2. The maximum Gasteiger partial charge on any atom is 0.425 e. The van der Waals surface area contributed by atoms with Crippen LogP contribution in [0.4, 0.5) is 13.2 Å². The SMILES string of the molecule is C[C@H](N)CCc1ccc(C(F)(F)F)s1. The van der Waals surface area contributed by atoms with Crippen LogP contribution in [0.3, 0.4) is 0 Å². The van der Waals surface area contributed by atoms with Crippen LogP contribution in [-0.4, -0.2) is 6.04 Å². The van der Waals surface area contributed by atoms with Crippen molar-refractivity contribution in [1.29, 1.82) is 0 Å². The van der Waals surface area contributed by atoms with Gasteiger partial charge in [0.05, 0.1) is 0 Å². The van der Waals surface area contributed by atoms with E-state index < -0.39 is 11.1 Å². The highest BCUT2D eigenvalue weighted by atomic mass is 32.1. The summed E-state index contributed by atoms with van der Waals surface area (Å²) in [5.74, 6) is 0. The number of aryl methyl sites for hydroxylation is 1. The summed E-state index contributed by atoms with van der Waals surface area (Å²) in [6.45, 7) is 1.85. The van der Waals surface area contributed by atoms with Gasteiger partial charge < -0.3 is 5.73 Å². The molecule has 0 saturated heterocycles. The van der Waals surface area contributed by atoms with E-state index in [1.807, 2.05) is 6.92 Å². The second kappa shape index (κ2) is 4.31. The summed E-state index contributed by atoms with van der Waals surface area (Å²) in [6.07, 6.45) is -2.87. The number of hydrogen-bond acceptors (Lipinski definition) is 2. The van der Waals surface area contributed by atoms with Gasteiger partial charge in [0.2, 0.25) is 0 Å². The molecule has 14 heavy (non-hydrogen) atoms. The zero-order chi connectivity index (χ0) is 10.8. The zero-order valence-electron chi connectivity index (χ0n) is 7.77. The van der Waals surface area contributed by atoms with Crippen molar-refractivity contribution in [2.24, 2.45) is 5.73 Å². The predicted octanol–water partition coefficient (Wildman–Crippen LogP) is 3.05. The van der Waals surface area contributed by atoms with Gasteiger partial charge in [0.1, 0.15) is 4.88 Å². The highest BCUT2D eigenvalue weighted by molar-refractivity contribution is 7.12. The third kappa shape index (κ3) is 3.31. The Morgan fingerprint density at radius 3 is 2.50 bits per heavy atom. The number of nitrogens with two attached hydrogens (primary N) is 1. The van der Waals surface area contributed by atoms with Gasteiger partial charge in [-0.3, -0.25) is 0 Å². The first-order valence-corrected chi connectivity index (χ1v) is 5.12. The Hall–Kier alpha value is -0.550. The highest BCUT2D eigenvalue weighted by Crippen LogP contribution is 2.34. The van der Waals surface area contributed by atoms with Crippen molar-refractivity contribution in [3.63, 3.8) is 0 Å². The lowest BCUT2D eigenvalue weighted by Crippen LogP contribution is -2.14. The van der Waals surface area contributed by atoms with Crippen LogP contribution >= 0.6 is 11.3 Å². The van der Waals surface area contributed by atoms with Crippen LogP contribution in [0.1, 0.15) is 23.1 Å². The smallest absolute Gasteiger partial charge is 0.328 e. The third-order valence-corrected chi connectivity index (χ3v) is 2.98. The molecule has 0 unspecified atom stereocenters. The Morgan fingerprint density at radius 2 is 2.07 bits per heavy atom. The fourth-order valence-electron chi connectivity index (χ4n) is 1.03. The molecule has 1 heterocycles. The number of halogens is 3. The van der Waals surface area contributed by atoms with Crippen LogP contribution in [-0.2, 0) is 12.6 Å². The van der Waals surface area contributed by atoms with E-state index in [0.29, 0.717) is 6.42 Å². The average Bonchev–Trinajstić information content (AvgIpc) is 2.47. The normalized spacial score (nSPS) is 14.4. The van der Waals surface area contributed by atoms with Crippen molar-refractivity contribution in [2.45, 2.75) is 32.0 Å². The molecule has 0 saturated carbocycles. The van der Waals surface area contributed by atoms with E-state index >= 15 is 0 Å². The fourth-order valence-corrected chi connectivity index (χ4v) is 1.92. The molecule has 0 aliphatic heterocycles. The van der Waals surface area contributed by atoms with Gasteiger partial charge in [-0.15, -0.1) is 11.3 Å². The second-order valence-corrected chi connectivity index (χ2v) is 4.45. The van der Waals surface area contributed by atoms with Gasteiger partial charge in [-0.05, 0) is 31.9 Å². The van der Waals surface area contributed by atoms with Gasteiger partial charge in [0.25, 0.3) is 0 Å². The third-order valence-electron chi connectivity index (χ3n) is 1.79. The van der Waals surface area contributed by atoms with Gasteiger partial charge in [-0.25, -0.2) is 0 Å². The van der Waals surface area contributed by atoms with Crippen molar-refractivity contribution >= 4 is 11.3 Å². The minimum atomic E-state index is -4.21. The lowest BCUT2D eigenvalue weighted by Gasteiger charge is -2.02. The summed E-state index contributed by atoms with van der Waals surface area (Å²) >= 11 is 0.801. The summed E-state index contributed by atoms with van der Waals surface area (Å²) < 4.78 is 36.6. The van der Waals surface area contributed by atoms with Crippen molar-refractivity contribution in [3.05, 3.63) is 21.9 Å². The van der Waals surface area contributed by atoms with Crippen molar-refractivity contribution in [2.75, 3.05) is 0 Å². The Balaban J connectivity index is 2.60. The van der Waals surface area contributed by atoms with E-state index in [9.17, 15) is 13.2 Å². The standard InChI is InChI=1S/C9H12F3NS/c1-6(13)2-3-7-4-5-8(14-7)9(10,11)12/h4-6H,2-3,13H2,1H3/t6-/m0/s1. The highest BCUT2D eigenvalue weighted by Gasteiger charge is 2.32. The minimum Gasteiger partial charge on any atom is -0.328 e. The molecule has 0 aromatic carbocycles. The van der Waals surface area contributed by atoms with Crippen molar-refractivity contribution < 1.29 is 13.2 Å². The quantitative estimate of drug-likeness (QED) is 0.837. The van der Waals surface area contributed by atoms with Gasteiger partial charge in [-0.1, -0.05) is 0 Å². The van der Waals surface area contributed by atoms with Gasteiger partial charge in [0, 0.05) is 10.9 Å². The first-order valence-electron chi connectivity index (χ1n) is 4.31. The molecule has 0 amide bonds. The molecule has 0 aliphatic rings. The lowest BCUT2D eigenvalue weighted by molar-refractivity contribution is -0.134. The number of hydrogen-bond donors (Lipinski definition) is 1.